The Kier molecular flexibility index (Phi) is 3.76. The van der Waals surface area contributed by atoms with Crippen LogP contribution >= 0.6 is 11.3 Å². The van der Waals surface area contributed by atoms with Gasteiger partial charge in [-0.2, -0.15) is 0 Å². The predicted molar refractivity (Wildman–Crippen MR) is 70.3 cm³/mol. The van der Waals surface area contributed by atoms with Gasteiger partial charge < -0.3 is 10.4 Å². The summed E-state index contributed by atoms with van der Waals surface area (Å²) in [6.45, 7) is 0. The van der Waals surface area contributed by atoms with Gasteiger partial charge in [-0.1, -0.05) is 0 Å². The van der Waals surface area contributed by atoms with E-state index >= 15 is 0 Å². The van der Waals surface area contributed by atoms with E-state index in [9.17, 15) is 14.0 Å². The fourth-order valence-corrected chi connectivity index (χ4v) is 2.15. The standard InChI is InChI=1S/C12H9FN2O3S/c13-7-1-3-8(4-2-7)14-12(18)15-10-9(11(16)17)5-6-19-10/h1-6H,(H,16,17)(H2,14,15,18). The van der Waals surface area contributed by atoms with Crippen LogP contribution in [0.5, 0.6) is 0 Å². The highest BCUT2D eigenvalue weighted by atomic mass is 32.1. The monoisotopic (exact) mass is 280 g/mol. The van der Waals surface area contributed by atoms with E-state index in [0.717, 1.165) is 11.3 Å². The first-order valence-electron chi connectivity index (χ1n) is 5.20. The first-order valence-corrected chi connectivity index (χ1v) is 6.08. The van der Waals surface area contributed by atoms with Crippen LogP contribution in [-0.2, 0) is 0 Å². The van der Waals surface area contributed by atoms with Gasteiger partial charge in [0.2, 0.25) is 0 Å². The first-order chi connectivity index (χ1) is 9.06. The lowest BCUT2D eigenvalue weighted by molar-refractivity contribution is 0.0698. The van der Waals surface area contributed by atoms with Crippen LogP contribution in [0.4, 0.5) is 19.9 Å². The van der Waals surface area contributed by atoms with Crippen LogP contribution in [0.25, 0.3) is 0 Å². The van der Waals surface area contributed by atoms with Crippen LogP contribution in [0.2, 0.25) is 0 Å². The maximum atomic E-state index is 12.7. The predicted octanol–water partition coefficient (Wildman–Crippen LogP) is 3.23. The van der Waals surface area contributed by atoms with E-state index in [0.29, 0.717) is 5.69 Å². The number of nitrogens with one attached hydrogen (secondary N) is 2. The van der Waals surface area contributed by atoms with Gasteiger partial charge in [-0.15, -0.1) is 11.3 Å². The Hall–Kier alpha value is -2.41. The summed E-state index contributed by atoms with van der Waals surface area (Å²) in [5.41, 5.74) is 0.437. The Labute approximate surface area is 111 Å². The van der Waals surface area contributed by atoms with Crippen molar-refractivity contribution in [3.63, 3.8) is 0 Å². The third kappa shape index (κ3) is 3.29. The van der Waals surface area contributed by atoms with Gasteiger partial charge in [-0.25, -0.2) is 14.0 Å². The summed E-state index contributed by atoms with van der Waals surface area (Å²) in [5, 5.41) is 15.6. The molecule has 7 heteroatoms. The number of hydrogen-bond donors (Lipinski definition) is 3. The summed E-state index contributed by atoms with van der Waals surface area (Å²) in [5.74, 6) is -1.52. The van der Waals surface area contributed by atoms with Crippen LogP contribution in [0, 0.1) is 5.82 Å². The van der Waals surface area contributed by atoms with Gasteiger partial charge in [0.1, 0.15) is 10.8 Å². The molecule has 2 amide bonds. The Morgan fingerprint density at radius 2 is 1.79 bits per heavy atom. The van der Waals surface area contributed by atoms with E-state index < -0.39 is 17.8 Å². The van der Waals surface area contributed by atoms with Gasteiger partial charge in [0.05, 0.1) is 5.56 Å². The molecule has 0 saturated carbocycles. The average Bonchev–Trinajstić information content (AvgIpc) is 2.80. The molecule has 0 aliphatic carbocycles. The molecule has 0 bridgehead atoms. The molecule has 0 fully saturated rings. The highest BCUT2D eigenvalue weighted by Crippen LogP contribution is 2.23. The van der Waals surface area contributed by atoms with Crippen LogP contribution in [0.15, 0.2) is 35.7 Å². The third-order valence-electron chi connectivity index (χ3n) is 2.22. The first kappa shape index (κ1) is 13.0. The molecule has 98 valence electrons. The topological polar surface area (TPSA) is 78.4 Å². The number of rotatable bonds is 3. The van der Waals surface area contributed by atoms with E-state index in [1.54, 1.807) is 5.38 Å². The second-order valence-electron chi connectivity index (χ2n) is 3.55. The van der Waals surface area contributed by atoms with Crippen LogP contribution in [0.3, 0.4) is 0 Å². The molecule has 2 rings (SSSR count). The van der Waals surface area contributed by atoms with Crippen molar-refractivity contribution in [2.75, 3.05) is 10.6 Å². The number of anilines is 2. The number of benzene rings is 1. The molecule has 19 heavy (non-hydrogen) atoms. The minimum atomic E-state index is -1.11. The van der Waals surface area contributed by atoms with Crippen molar-refractivity contribution in [1.29, 1.82) is 0 Å². The SMILES string of the molecule is O=C(Nc1ccc(F)cc1)Nc1sccc1C(=O)O. The molecule has 3 N–H and O–H groups in total. The molecular weight excluding hydrogens is 271 g/mol. The second kappa shape index (κ2) is 5.49. The van der Waals surface area contributed by atoms with Crippen LogP contribution in [-0.4, -0.2) is 17.1 Å². The Morgan fingerprint density at radius 3 is 2.42 bits per heavy atom. The van der Waals surface area contributed by atoms with Crippen molar-refractivity contribution < 1.29 is 19.1 Å². The zero-order valence-corrected chi connectivity index (χ0v) is 10.3. The molecule has 0 saturated heterocycles. The highest BCUT2D eigenvalue weighted by molar-refractivity contribution is 7.14. The summed E-state index contributed by atoms with van der Waals surface area (Å²) in [6, 6.07) is 6.05. The molecule has 0 aliphatic heterocycles. The normalized spacial score (nSPS) is 9.95. The fourth-order valence-electron chi connectivity index (χ4n) is 1.37. The number of halogens is 1. The lowest BCUT2D eigenvalue weighted by atomic mass is 10.3. The van der Waals surface area contributed by atoms with Crippen molar-refractivity contribution in [1.82, 2.24) is 0 Å². The molecular formula is C12H9FN2O3S. The quantitative estimate of drug-likeness (QED) is 0.807. The summed E-state index contributed by atoms with van der Waals surface area (Å²) in [6.07, 6.45) is 0. The minimum absolute atomic E-state index is 0.0271. The molecule has 0 aliphatic rings. The smallest absolute Gasteiger partial charge is 0.338 e. The molecule has 0 spiro atoms. The number of carboxylic acid groups (broad SMARTS) is 1. The zero-order valence-electron chi connectivity index (χ0n) is 9.51. The van der Waals surface area contributed by atoms with E-state index in [4.69, 9.17) is 5.11 Å². The van der Waals surface area contributed by atoms with Crippen LogP contribution < -0.4 is 10.6 Å². The second-order valence-corrected chi connectivity index (χ2v) is 4.47. The van der Waals surface area contributed by atoms with Crippen molar-refractivity contribution in [3.05, 3.63) is 47.1 Å². The molecule has 0 atom stereocenters. The molecule has 1 aromatic heterocycles. The largest absolute Gasteiger partial charge is 0.478 e. The number of hydrogen-bond acceptors (Lipinski definition) is 3. The van der Waals surface area contributed by atoms with Crippen molar-refractivity contribution >= 4 is 34.0 Å². The lowest BCUT2D eigenvalue weighted by Gasteiger charge is -2.06. The number of urea groups is 1. The van der Waals surface area contributed by atoms with Crippen molar-refractivity contribution in [2.24, 2.45) is 0 Å². The number of amides is 2. The fraction of sp³-hybridized carbons (Fsp3) is 0. The van der Waals surface area contributed by atoms with E-state index in [2.05, 4.69) is 10.6 Å². The van der Waals surface area contributed by atoms with E-state index in [1.165, 1.54) is 30.3 Å². The Morgan fingerprint density at radius 1 is 1.11 bits per heavy atom. The van der Waals surface area contributed by atoms with E-state index in [-0.39, 0.29) is 10.6 Å². The number of carbonyl (C=O) groups is 2. The maximum absolute atomic E-state index is 12.7. The summed E-state index contributed by atoms with van der Waals surface area (Å²) < 4.78 is 12.7. The minimum Gasteiger partial charge on any atom is -0.478 e. The van der Waals surface area contributed by atoms with Gasteiger partial charge in [0, 0.05) is 5.69 Å². The number of carbonyl (C=O) groups excluding carboxylic acids is 1. The van der Waals surface area contributed by atoms with Gasteiger partial charge >= 0.3 is 12.0 Å². The molecule has 5 nitrogen and oxygen atoms in total. The number of thiophene rings is 1. The number of carboxylic acids is 1. The summed E-state index contributed by atoms with van der Waals surface area (Å²) >= 11 is 1.11. The number of aromatic carboxylic acids is 1. The van der Waals surface area contributed by atoms with Gasteiger partial charge in [0.15, 0.2) is 0 Å². The van der Waals surface area contributed by atoms with Gasteiger partial charge in [-0.05, 0) is 35.7 Å². The Balaban J connectivity index is 2.03. The lowest BCUT2D eigenvalue weighted by Crippen LogP contribution is -2.19. The van der Waals surface area contributed by atoms with Crippen molar-refractivity contribution in [2.45, 2.75) is 0 Å². The van der Waals surface area contributed by atoms with Crippen LogP contribution in [0.1, 0.15) is 10.4 Å². The molecule has 2 aromatic rings. The molecule has 0 unspecified atom stereocenters. The van der Waals surface area contributed by atoms with E-state index in [1.807, 2.05) is 0 Å². The molecule has 1 heterocycles. The summed E-state index contributed by atoms with van der Waals surface area (Å²) in [4.78, 5) is 22.5. The third-order valence-corrected chi connectivity index (χ3v) is 3.05. The van der Waals surface area contributed by atoms with Gasteiger partial charge in [-0.3, -0.25) is 5.32 Å². The van der Waals surface area contributed by atoms with Gasteiger partial charge in [0.25, 0.3) is 0 Å². The summed E-state index contributed by atoms with van der Waals surface area (Å²) in [7, 11) is 0. The van der Waals surface area contributed by atoms with Crippen molar-refractivity contribution in [3.8, 4) is 0 Å². The highest BCUT2D eigenvalue weighted by Gasteiger charge is 2.13. The average molecular weight is 280 g/mol. The Bertz CT molecular complexity index is 610. The molecule has 1 aromatic carbocycles. The maximum Gasteiger partial charge on any atom is 0.338 e. The zero-order chi connectivity index (χ0) is 13.8. The molecule has 0 radical (unpaired) electrons.